The summed E-state index contributed by atoms with van der Waals surface area (Å²) >= 11 is 0. The van der Waals surface area contributed by atoms with Gasteiger partial charge in [-0.2, -0.15) is 8.42 Å². The highest BCUT2D eigenvalue weighted by molar-refractivity contribution is 7.86. The fourth-order valence-corrected chi connectivity index (χ4v) is 3.00. The Hall–Kier alpha value is -2.09. The summed E-state index contributed by atoms with van der Waals surface area (Å²) in [4.78, 5) is 0.0487. The molecule has 0 heterocycles. The van der Waals surface area contributed by atoms with Crippen molar-refractivity contribution in [3.8, 4) is 11.5 Å². The van der Waals surface area contributed by atoms with Crippen molar-refractivity contribution in [3.05, 3.63) is 53.6 Å². The van der Waals surface area contributed by atoms with E-state index in [-0.39, 0.29) is 4.90 Å². The fourth-order valence-electron chi connectivity index (χ4n) is 2.08. The standard InChI is InChI=1S/C17H20O6S/c1-12-4-7-14(8-5-12)24(19,20)23-11-15(18)13-6-9-16(21-2)17(10-13)22-3/h4-10,15,18H,11H2,1-3H3/t15-/m1/s1. The molecule has 0 spiro atoms. The van der Waals surface area contributed by atoms with Gasteiger partial charge >= 0.3 is 0 Å². The lowest BCUT2D eigenvalue weighted by Gasteiger charge is -2.14. The van der Waals surface area contributed by atoms with E-state index in [1.807, 2.05) is 6.92 Å². The molecular weight excluding hydrogens is 332 g/mol. The first kappa shape index (κ1) is 18.3. The number of ether oxygens (including phenoxy) is 2. The summed E-state index contributed by atoms with van der Waals surface area (Å²) in [6.45, 7) is 1.46. The SMILES string of the molecule is COc1ccc([C@H](O)COS(=O)(=O)c2ccc(C)cc2)cc1OC. The van der Waals surface area contributed by atoms with Crippen molar-refractivity contribution in [2.45, 2.75) is 17.9 Å². The molecular formula is C17H20O6S. The van der Waals surface area contributed by atoms with E-state index in [2.05, 4.69) is 0 Å². The monoisotopic (exact) mass is 352 g/mol. The first-order valence-corrected chi connectivity index (χ1v) is 8.64. The zero-order chi connectivity index (χ0) is 17.7. The van der Waals surface area contributed by atoms with Crippen molar-refractivity contribution >= 4 is 10.1 Å². The van der Waals surface area contributed by atoms with E-state index < -0.39 is 22.8 Å². The molecule has 1 atom stereocenters. The molecule has 0 saturated carbocycles. The van der Waals surface area contributed by atoms with Gasteiger partial charge in [-0.3, -0.25) is 4.18 Å². The van der Waals surface area contributed by atoms with Crippen LogP contribution in [0.1, 0.15) is 17.2 Å². The summed E-state index contributed by atoms with van der Waals surface area (Å²) in [5, 5.41) is 10.2. The third kappa shape index (κ3) is 4.25. The lowest BCUT2D eigenvalue weighted by molar-refractivity contribution is 0.111. The van der Waals surface area contributed by atoms with Crippen LogP contribution in [0.3, 0.4) is 0 Å². The predicted octanol–water partition coefficient (Wildman–Crippen LogP) is 2.45. The number of methoxy groups -OCH3 is 2. The van der Waals surface area contributed by atoms with Crippen molar-refractivity contribution in [1.29, 1.82) is 0 Å². The highest BCUT2D eigenvalue weighted by Crippen LogP contribution is 2.30. The first-order chi connectivity index (χ1) is 11.4. The summed E-state index contributed by atoms with van der Waals surface area (Å²) in [5.74, 6) is 0.956. The van der Waals surface area contributed by atoms with E-state index in [0.717, 1.165) is 5.56 Å². The molecule has 0 unspecified atom stereocenters. The van der Waals surface area contributed by atoms with E-state index in [4.69, 9.17) is 13.7 Å². The maximum atomic E-state index is 12.1. The first-order valence-electron chi connectivity index (χ1n) is 7.23. The molecule has 0 aliphatic rings. The normalized spacial score (nSPS) is 12.7. The second-order valence-electron chi connectivity index (χ2n) is 5.18. The van der Waals surface area contributed by atoms with E-state index >= 15 is 0 Å². The second kappa shape index (κ2) is 7.65. The van der Waals surface area contributed by atoms with E-state index in [9.17, 15) is 13.5 Å². The largest absolute Gasteiger partial charge is 0.493 e. The van der Waals surface area contributed by atoms with Crippen LogP contribution in [-0.4, -0.2) is 34.4 Å². The van der Waals surface area contributed by atoms with Gasteiger partial charge in [0.05, 0.1) is 25.7 Å². The molecule has 24 heavy (non-hydrogen) atoms. The van der Waals surface area contributed by atoms with Crippen molar-refractivity contribution in [2.24, 2.45) is 0 Å². The van der Waals surface area contributed by atoms with Gasteiger partial charge in [-0.15, -0.1) is 0 Å². The minimum Gasteiger partial charge on any atom is -0.493 e. The molecule has 0 saturated heterocycles. The van der Waals surface area contributed by atoms with Gasteiger partial charge in [0.1, 0.15) is 6.10 Å². The average molecular weight is 352 g/mol. The van der Waals surface area contributed by atoms with Crippen LogP contribution in [0.5, 0.6) is 11.5 Å². The lowest BCUT2D eigenvalue weighted by atomic mass is 10.1. The molecule has 0 radical (unpaired) electrons. The summed E-state index contributed by atoms with van der Waals surface area (Å²) in [6.07, 6.45) is -1.12. The highest BCUT2D eigenvalue weighted by atomic mass is 32.2. The molecule has 0 fully saturated rings. The number of hydrogen-bond donors (Lipinski definition) is 1. The minimum absolute atomic E-state index is 0.0487. The predicted molar refractivity (Wildman–Crippen MR) is 88.8 cm³/mol. The van der Waals surface area contributed by atoms with Crippen molar-refractivity contribution in [2.75, 3.05) is 20.8 Å². The number of aryl methyl sites for hydroxylation is 1. The Bertz CT molecular complexity index is 783. The quantitative estimate of drug-likeness (QED) is 0.771. The average Bonchev–Trinajstić information content (AvgIpc) is 2.59. The number of benzene rings is 2. The van der Waals surface area contributed by atoms with Crippen LogP contribution in [-0.2, 0) is 14.3 Å². The molecule has 2 rings (SSSR count). The molecule has 1 N–H and O–H groups in total. The van der Waals surface area contributed by atoms with Gasteiger partial charge in [0.25, 0.3) is 10.1 Å². The minimum atomic E-state index is -3.92. The Balaban J connectivity index is 2.09. The zero-order valence-corrected chi connectivity index (χ0v) is 14.5. The van der Waals surface area contributed by atoms with E-state index in [1.54, 1.807) is 30.3 Å². The van der Waals surface area contributed by atoms with Gasteiger partial charge in [-0.05, 0) is 36.8 Å². The number of aliphatic hydroxyl groups is 1. The Morgan fingerprint density at radius 3 is 2.21 bits per heavy atom. The maximum Gasteiger partial charge on any atom is 0.297 e. The van der Waals surface area contributed by atoms with Crippen LogP contribution < -0.4 is 9.47 Å². The highest BCUT2D eigenvalue weighted by Gasteiger charge is 2.19. The van der Waals surface area contributed by atoms with Crippen LogP contribution in [0, 0.1) is 6.92 Å². The molecule has 0 aliphatic heterocycles. The molecule has 2 aromatic carbocycles. The van der Waals surface area contributed by atoms with Crippen molar-refractivity contribution < 1.29 is 27.2 Å². The van der Waals surface area contributed by atoms with Crippen molar-refractivity contribution in [1.82, 2.24) is 0 Å². The van der Waals surface area contributed by atoms with Gasteiger partial charge in [-0.25, -0.2) is 0 Å². The fraction of sp³-hybridized carbons (Fsp3) is 0.294. The Morgan fingerprint density at radius 2 is 1.62 bits per heavy atom. The number of aliphatic hydroxyl groups excluding tert-OH is 1. The van der Waals surface area contributed by atoms with Crippen LogP contribution in [0.4, 0.5) is 0 Å². The van der Waals surface area contributed by atoms with E-state index in [0.29, 0.717) is 17.1 Å². The Morgan fingerprint density at radius 1 is 1.00 bits per heavy atom. The second-order valence-corrected chi connectivity index (χ2v) is 6.80. The molecule has 0 amide bonds. The number of hydrogen-bond acceptors (Lipinski definition) is 6. The molecule has 2 aromatic rings. The van der Waals surface area contributed by atoms with Crippen molar-refractivity contribution in [3.63, 3.8) is 0 Å². The van der Waals surface area contributed by atoms with Gasteiger partial charge in [-0.1, -0.05) is 23.8 Å². The van der Waals surface area contributed by atoms with E-state index in [1.165, 1.54) is 26.4 Å². The summed E-state index contributed by atoms with van der Waals surface area (Å²) < 4.78 is 39.5. The molecule has 0 aromatic heterocycles. The van der Waals surface area contributed by atoms with Gasteiger partial charge in [0, 0.05) is 0 Å². The third-order valence-electron chi connectivity index (χ3n) is 3.48. The molecule has 0 bridgehead atoms. The zero-order valence-electron chi connectivity index (χ0n) is 13.7. The molecule has 7 heteroatoms. The smallest absolute Gasteiger partial charge is 0.297 e. The molecule has 6 nitrogen and oxygen atoms in total. The van der Waals surface area contributed by atoms with Crippen LogP contribution in [0.15, 0.2) is 47.4 Å². The topological polar surface area (TPSA) is 82.1 Å². The third-order valence-corrected chi connectivity index (χ3v) is 4.78. The van der Waals surface area contributed by atoms with Crippen LogP contribution in [0.2, 0.25) is 0 Å². The van der Waals surface area contributed by atoms with Gasteiger partial charge in [0.15, 0.2) is 11.5 Å². The van der Waals surface area contributed by atoms with Crippen LogP contribution in [0.25, 0.3) is 0 Å². The summed E-state index contributed by atoms with van der Waals surface area (Å²) in [5.41, 5.74) is 1.41. The molecule has 130 valence electrons. The van der Waals surface area contributed by atoms with Crippen LogP contribution >= 0.6 is 0 Å². The summed E-state index contributed by atoms with van der Waals surface area (Å²) in [6, 6.07) is 11.1. The van der Waals surface area contributed by atoms with Gasteiger partial charge in [0.2, 0.25) is 0 Å². The lowest BCUT2D eigenvalue weighted by Crippen LogP contribution is -2.13. The summed E-state index contributed by atoms with van der Waals surface area (Å²) in [7, 11) is -0.941. The van der Waals surface area contributed by atoms with Gasteiger partial charge < -0.3 is 14.6 Å². The maximum absolute atomic E-state index is 12.1. The molecule has 0 aliphatic carbocycles. The Kier molecular flexibility index (Phi) is 5.82. The Labute approximate surface area is 141 Å². The number of rotatable bonds is 7.